The second kappa shape index (κ2) is 6.23. The molecule has 4 nitrogen and oxygen atoms in total. The van der Waals surface area contributed by atoms with Gasteiger partial charge in [-0.2, -0.15) is 0 Å². The predicted octanol–water partition coefficient (Wildman–Crippen LogP) is 2.43. The molecule has 4 heteroatoms. The third-order valence-electron chi connectivity index (χ3n) is 2.98. The molecule has 0 aliphatic carbocycles. The molecular weight excluding hydrogens is 228 g/mol. The van der Waals surface area contributed by atoms with E-state index >= 15 is 0 Å². The summed E-state index contributed by atoms with van der Waals surface area (Å²) in [4.78, 5) is 0. The molecule has 0 aliphatic heterocycles. The molecule has 1 aromatic heterocycles. The van der Waals surface area contributed by atoms with Gasteiger partial charge in [0.15, 0.2) is 0 Å². The van der Waals surface area contributed by atoms with Crippen molar-refractivity contribution in [3.8, 4) is 5.75 Å². The van der Waals surface area contributed by atoms with Crippen molar-refractivity contribution in [2.45, 2.75) is 18.9 Å². The maximum absolute atomic E-state index is 5.63. The molecule has 96 valence electrons. The van der Waals surface area contributed by atoms with Crippen molar-refractivity contribution in [2.24, 2.45) is 5.84 Å². The number of hydrogen-bond donors (Lipinski definition) is 2. The molecule has 1 aromatic carbocycles. The molecule has 0 amide bonds. The monoisotopic (exact) mass is 246 g/mol. The van der Waals surface area contributed by atoms with Crippen LogP contribution in [-0.2, 0) is 6.42 Å². The van der Waals surface area contributed by atoms with E-state index in [-0.39, 0.29) is 6.04 Å². The quantitative estimate of drug-likeness (QED) is 0.607. The lowest BCUT2D eigenvalue weighted by Crippen LogP contribution is -2.28. The average Bonchev–Trinajstić information content (AvgIpc) is 2.93. The van der Waals surface area contributed by atoms with Gasteiger partial charge in [0.2, 0.25) is 0 Å². The topological polar surface area (TPSA) is 60.4 Å². The van der Waals surface area contributed by atoms with E-state index in [0.29, 0.717) is 0 Å². The molecule has 18 heavy (non-hydrogen) atoms. The van der Waals surface area contributed by atoms with Crippen molar-refractivity contribution in [1.82, 2.24) is 5.43 Å². The van der Waals surface area contributed by atoms with E-state index in [2.05, 4.69) is 5.43 Å². The van der Waals surface area contributed by atoms with Gasteiger partial charge < -0.3 is 9.15 Å². The van der Waals surface area contributed by atoms with Crippen LogP contribution in [0.5, 0.6) is 5.75 Å². The van der Waals surface area contributed by atoms with Gasteiger partial charge in [0.05, 0.1) is 19.4 Å². The van der Waals surface area contributed by atoms with Gasteiger partial charge in [-0.25, -0.2) is 0 Å². The summed E-state index contributed by atoms with van der Waals surface area (Å²) in [6.45, 7) is 0. The number of hydrazine groups is 1. The van der Waals surface area contributed by atoms with Crippen molar-refractivity contribution >= 4 is 0 Å². The van der Waals surface area contributed by atoms with Crippen LogP contribution < -0.4 is 16.0 Å². The highest BCUT2D eigenvalue weighted by atomic mass is 16.5. The zero-order valence-electron chi connectivity index (χ0n) is 10.4. The van der Waals surface area contributed by atoms with E-state index in [1.165, 1.54) is 0 Å². The molecule has 0 bridgehead atoms. The zero-order valence-corrected chi connectivity index (χ0v) is 10.4. The summed E-state index contributed by atoms with van der Waals surface area (Å²) in [5.41, 5.74) is 3.90. The SMILES string of the molecule is COc1ccccc1C(CCc1ccco1)NN. The first-order chi connectivity index (χ1) is 8.85. The van der Waals surface area contributed by atoms with Gasteiger partial charge in [-0.1, -0.05) is 18.2 Å². The number of benzene rings is 1. The molecule has 2 rings (SSSR count). The van der Waals surface area contributed by atoms with Gasteiger partial charge in [-0.05, 0) is 24.6 Å². The highest BCUT2D eigenvalue weighted by Crippen LogP contribution is 2.27. The minimum absolute atomic E-state index is 0.0475. The van der Waals surface area contributed by atoms with Crippen molar-refractivity contribution in [1.29, 1.82) is 0 Å². The maximum Gasteiger partial charge on any atom is 0.123 e. The van der Waals surface area contributed by atoms with Gasteiger partial charge in [0.1, 0.15) is 11.5 Å². The zero-order chi connectivity index (χ0) is 12.8. The molecule has 0 fully saturated rings. The Hall–Kier alpha value is -1.78. The molecule has 1 unspecified atom stereocenters. The van der Waals surface area contributed by atoms with E-state index in [9.17, 15) is 0 Å². The standard InChI is InChI=1S/C14H18N2O2/c1-17-14-7-3-2-6-12(14)13(16-15)9-8-11-5-4-10-18-11/h2-7,10,13,16H,8-9,15H2,1H3. The van der Waals surface area contributed by atoms with Gasteiger partial charge in [0.25, 0.3) is 0 Å². The number of hydrogen-bond acceptors (Lipinski definition) is 4. The van der Waals surface area contributed by atoms with Crippen LogP contribution in [0.25, 0.3) is 0 Å². The van der Waals surface area contributed by atoms with Crippen molar-refractivity contribution < 1.29 is 9.15 Å². The fraction of sp³-hybridized carbons (Fsp3) is 0.286. The van der Waals surface area contributed by atoms with Crippen LogP contribution in [0.4, 0.5) is 0 Å². The van der Waals surface area contributed by atoms with Crippen LogP contribution in [0.3, 0.4) is 0 Å². The normalized spacial score (nSPS) is 12.3. The summed E-state index contributed by atoms with van der Waals surface area (Å²) in [7, 11) is 1.67. The van der Waals surface area contributed by atoms with Crippen LogP contribution in [0.2, 0.25) is 0 Å². The second-order valence-electron chi connectivity index (χ2n) is 4.08. The lowest BCUT2D eigenvalue weighted by Gasteiger charge is -2.18. The summed E-state index contributed by atoms with van der Waals surface area (Å²) in [6, 6.07) is 11.8. The van der Waals surface area contributed by atoms with E-state index < -0.39 is 0 Å². The van der Waals surface area contributed by atoms with Gasteiger partial charge in [-0.3, -0.25) is 11.3 Å². The third-order valence-corrected chi connectivity index (χ3v) is 2.98. The molecule has 0 radical (unpaired) electrons. The Morgan fingerprint density at radius 1 is 1.28 bits per heavy atom. The first kappa shape index (κ1) is 12.7. The number of furan rings is 1. The van der Waals surface area contributed by atoms with Crippen LogP contribution in [0.1, 0.15) is 23.8 Å². The molecule has 0 saturated carbocycles. The average molecular weight is 246 g/mol. The molecular formula is C14H18N2O2. The Balaban J connectivity index is 2.08. The molecule has 1 heterocycles. The fourth-order valence-electron chi connectivity index (χ4n) is 2.02. The smallest absolute Gasteiger partial charge is 0.123 e. The maximum atomic E-state index is 5.63. The molecule has 3 N–H and O–H groups in total. The van der Waals surface area contributed by atoms with Gasteiger partial charge >= 0.3 is 0 Å². The van der Waals surface area contributed by atoms with Gasteiger partial charge in [0, 0.05) is 12.0 Å². The highest BCUT2D eigenvalue weighted by Gasteiger charge is 2.14. The largest absolute Gasteiger partial charge is 0.496 e. The van der Waals surface area contributed by atoms with Crippen LogP contribution >= 0.6 is 0 Å². The van der Waals surface area contributed by atoms with E-state index in [1.54, 1.807) is 13.4 Å². The lowest BCUT2D eigenvalue weighted by molar-refractivity contribution is 0.392. The number of nitrogens with one attached hydrogen (secondary N) is 1. The minimum atomic E-state index is 0.0475. The van der Waals surface area contributed by atoms with Crippen molar-refractivity contribution in [3.05, 3.63) is 54.0 Å². The predicted molar refractivity (Wildman–Crippen MR) is 70.1 cm³/mol. The number of nitrogens with two attached hydrogens (primary N) is 1. The van der Waals surface area contributed by atoms with E-state index in [4.69, 9.17) is 15.0 Å². The Labute approximate surface area is 107 Å². The number of aryl methyl sites for hydroxylation is 1. The first-order valence-corrected chi connectivity index (χ1v) is 5.96. The van der Waals surface area contributed by atoms with E-state index in [1.807, 2.05) is 36.4 Å². The number of para-hydroxylation sites is 1. The van der Waals surface area contributed by atoms with Crippen LogP contribution in [-0.4, -0.2) is 7.11 Å². The summed E-state index contributed by atoms with van der Waals surface area (Å²) < 4.78 is 10.7. The fourth-order valence-corrected chi connectivity index (χ4v) is 2.02. The van der Waals surface area contributed by atoms with Crippen molar-refractivity contribution in [3.63, 3.8) is 0 Å². The summed E-state index contributed by atoms with van der Waals surface area (Å²) in [6.07, 6.45) is 3.37. The number of methoxy groups -OCH3 is 1. The third kappa shape index (κ3) is 2.91. The molecule has 0 saturated heterocycles. The summed E-state index contributed by atoms with van der Waals surface area (Å²) >= 11 is 0. The Bertz CT molecular complexity index is 468. The Kier molecular flexibility index (Phi) is 4.39. The molecule has 0 aliphatic rings. The summed E-state index contributed by atoms with van der Waals surface area (Å²) in [5, 5.41) is 0. The van der Waals surface area contributed by atoms with E-state index in [0.717, 1.165) is 29.9 Å². The second-order valence-corrected chi connectivity index (χ2v) is 4.08. The number of rotatable bonds is 6. The first-order valence-electron chi connectivity index (χ1n) is 5.96. The summed E-state index contributed by atoms with van der Waals surface area (Å²) in [5.74, 6) is 7.44. The van der Waals surface area contributed by atoms with Crippen LogP contribution in [0.15, 0.2) is 47.1 Å². The Morgan fingerprint density at radius 3 is 2.78 bits per heavy atom. The molecule has 2 aromatic rings. The van der Waals surface area contributed by atoms with Gasteiger partial charge in [-0.15, -0.1) is 0 Å². The van der Waals surface area contributed by atoms with Crippen LogP contribution in [0, 0.1) is 0 Å². The highest BCUT2D eigenvalue weighted by molar-refractivity contribution is 5.35. The van der Waals surface area contributed by atoms with Crippen molar-refractivity contribution in [2.75, 3.05) is 7.11 Å². The molecule has 1 atom stereocenters. The lowest BCUT2D eigenvalue weighted by atomic mass is 10.0. The minimum Gasteiger partial charge on any atom is -0.496 e. The number of ether oxygens (including phenoxy) is 1. The molecule has 0 spiro atoms. The Morgan fingerprint density at radius 2 is 2.11 bits per heavy atom.